The molecule has 0 radical (unpaired) electrons. The Morgan fingerprint density at radius 2 is 2.12 bits per heavy atom. The molecule has 0 fully saturated rings. The fourth-order valence-corrected chi connectivity index (χ4v) is 1.11. The molecule has 0 saturated carbocycles. The van der Waals surface area contributed by atoms with Crippen LogP contribution in [0.1, 0.15) is 13.8 Å². The fraction of sp³-hybridized carbons (Fsp3) is 0.308. The average Bonchev–Trinajstić information content (AvgIpc) is 2.35. The van der Waals surface area contributed by atoms with E-state index in [1.807, 2.05) is 37.3 Å². The van der Waals surface area contributed by atoms with Gasteiger partial charge in [-0.1, -0.05) is 18.2 Å². The molecule has 0 unspecified atom stereocenters. The fourth-order valence-electron chi connectivity index (χ4n) is 1.11. The second kappa shape index (κ2) is 7.46. The summed E-state index contributed by atoms with van der Waals surface area (Å²) in [6, 6.07) is 9.52. The molecule has 1 aromatic carbocycles. The maximum Gasteiger partial charge on any atom is 0.330 e. The van der Waals surface area contributed by atoms with Gasteiger partial charge in [-0.15, -0.1) is 0 Å². The summed E-state index contributed by atoms with van der Waals surface area (Å²) in [5.74, 6) is -0.359. The van der Waals surface area contributed by atoms with E-state index in [0.717, 1.165) is 5.69 Å². The van der Waals surface area contributed by atoms with Crippen LogP contribution in [0.15, 0.2) is 42.5 Å². The maximum atomic E-state index is 11.0. The first kappa shape index (κ1) is 13.3. The minimum absolute atomic E-state index is 0.223. The van der Waals surface area contributed by atoms with Gasteiger partial charge < -0.3 is 4.74 Å². The highest BCUT2D eigenvalue weighted by Crippen LogP contribution is 2.06. The lowest BCUT2D eigenvalue weighted by Gasteiger charge is -2.10. The Labute approximate surface area is 101 Å². The summed E-state index contributed by atoms with van der Waals surface area (Å²) in [4.78, 5) is 16.3. The second-order valence-corrected chi connectivity index (χ2v) is 3.40. The van der Waals surface area contributed by atoms with Crippen molar-refractivity contribution in [3.63, 3.8) is 0 Å². The number of nitrogens with one attached hydrogen (secondary N) is 1. The van der Waals surface area contributed by atoms with Crippen LogP contribution >= 0.6 is 0 Å². The molecule has 1 rings (SSSR count). The molecule has 17 heavy (non-hydrogen) atoms. The molecule has 4 heteroatoms. The zero-order valence-corrected chi connectivity index (χ0v) is 10.1. The first-order valence-electron chi connectivity index (χ1n) is 5.54. The van der Waals surface area contributed by atoms with E-state index in [1.54, 1.807) is 13.0 Å². The lowest BCUT2D eigenvalue weighted by atomic mass is 10.3. The number of esters is 1. The van der Waals surface area contributed by atoms with Gasteiger partial charge in [-0.2, -0.15) is 0 Å². The van der Waals surface area contributed by atoms with Gasteiger partial charge in [0.25, 0.3) is 0 Å². The van der Waals surface area contributed by atoms with E-state index in [2.05, 4.69) is 5.48 Å². The van der Waals surface area contributed by atoms with Crippen LogP contribution in [0.2, 0.25) is 0 Å². The lowest BCUT2D eigenvalue weighted by molar-refractivity contribution is -0.137. The molecule has 0 aliphatic carbocycles. The maximum absolute atomic E-state index is 11.0. The van der Waals surface area contributed by atoms with Gasteiger partial charge in [0.1, 0.15) is 6.10 Å². The van der Waals surface area contributed by atoms with Crippen molar-refractivity contribution in [2.45, 2.75) is 20.0 Å². The summed E-state index contributed by atoms with van der Waals surface area (Å²) in [6.45, 7) is 3.97. The molecule has 1 N–H and O–H groups in total. The summed E-state index contributed by atoms with van der Waals surface area (Å²) >= 11 is 0. The van der Waals surface area contributed by atoms with Gasteiger partial charge in [0.15, 0.2) is 0 Å². The highest BCUT2D eigenvalue weighted by molar-refractivity contribution is 5.81. The molecule has 0 aromatic heterocycles. The number of ether oxygens (including phenoxy) is 1. The predicted molar refractivity (Wildman–Crippen MR) is 66.4 cm³/mol. The van der Waals surface area contributed by atoms with Crippen molar-refractivity contribution in [1.29, 1.82) is 0 Å². The van der Waals surface area contributed by atoms with Crippen LogP contribution in [-0.4, -0.2) is 18.7 Å². The van der Waals surface area contributed by atoms with Gasteiger partial charge in [0.05, 0.1) is 12.3 Å². The number of hydrogen-bond donors (Lipinski definition) is 1. The molecule has 1 aromatic rings. The molecule has 0 bridgehead atoms. The monoisotopic (exact) mass is 235 g/mol. The van der Waals surface area contributed by atoms with Crippen LogP contribution in [0, 0.1) is 0 Å². The Kier molecular flexibility index (Phi) is 5.82. The Bertz CT molecular complexity index is 362. The number of carbonyl (C=O) groups is 1. The molecular weight excluding hydrogens is 218 g/mol. The third kappa shape index (κ3) is 5.73. The van der Waals surface area contributed by atoms with Crippen molar-refractivity contribution in [1.82, 2.24) is 0 Å². The zero-order valence-electron chi connectivity index (χ0n) is 10.1. The molecule has 0 spiro atoms. The van der Waals surface area contributed by atoms with Crippen molar-refractivity contribution >= 4 is 11.7 Å². The normalized spacial score (nSPS) is 12.4. The van der Waals surface area contributed by atoms with Gasteiger partial charge in [0, 0.05) is 6.08 Å². The number of carbonyl (C=O) groups excluding carboxylic acids is 1. The number of anilines is 1. The van der Waals surface area contributed by atoms with Gasteiger partial charge in [0.2, 0.25) is 0 Å². The van der Waals surface area contributed by atoms with Gasteiger partial charge in [-0.3, -0.25) is 10.3 Å². The van der Waals surface area contributed by atoms with Crippen LogP contribution in [0.4, 0.5) is 5.69 Å². The van der Waals surface area contributed by atoms with Crippen LogP contribution < -0.4 is 5.48 Å². The third-order valence-electron chi connectivity index (χ3n) is 1.93. The summed E-state index contributed by atoms with van der Waals surface area (Å²) in [6.07, 6.45) is 2.77. The van der Waals surface area contributed by atoms with Crippen molar-refractivity contribution in [3.8, 4) is 0 Å². The standard InChI is InChI=1S/C13H17NO3/c1-3-16-13(15)10-9-11(2)17-14-12-7-5-4-6-8-12/h4-11,14H,3H2,1-2H3/b10-9-/t11-/m1/s1. The first-order valence-corrected chi connectivity index (χ1v) is 5.54. The number of para-hydroxylation sites is 1. The van der Waals surface area contributed by atoms with Crippen LogP contribution in [-0.2, 0) is 14.4 Å². The second-order valence-electron chi connectivity index (χ2n) is 3.40. The molecule has 0 heterocycles. The summed E-state index contributed by atoms with van der Waals surface area (Å²) in [7, 11) is 0. The predicted octanol–water partition coefficient (Wildman–Crippen LogP) is 2.54. The molecule has 0 aliphatic heterocycles. The van der Waals surface area contributed by atoms with Crippen LogP contribution in [0.25, 0.3) is 0 Å². The molecule has 92 valence electrons. The molecule has 0 saturated heterocycles. The topological polar surface area (TPSA) is 47.6 Å². The zero-order chi connectivity index (χ0) is 12.5. The van der Waals surface area contributed by atoms with E-state index < -0.39 is 0 Å². The van der Waals surface area contributed by atoms with E-state index in [9.17, 15) is 4.79 Å². The lowest BCUT2D eigenvalue weighted by Crippen LogP contribution is -2.11. The van der Waals surface area contributed by atoms with Crippen molar-refractivity contribution in [3.05, 3.63) is 42.5 Å². The first-order chi connectivity index (χ1) is 8.22. The minimum Gasteiger partial charge on any atom is -0.463 e. The summed E-state index contributed by atoms with van der Waals surface area (Å²) in [5, 5.41) is 0. The Balaban J connectivity index is 2.30. The molecule has 0 amide bonds. The van der Waals surface area contributed by atoms with Crippen molar-refractivity contribution < 1.29 is 14.4 Å². The van der Waals surface area contributed by atoms with Crippen LogP contribution in [0.3, 0.4) is 0 Å². The smallest absolute Gasteiger partial charge is 0.330 e. The van der Waals surface area contributed by atoms with E-state index in [-0.39, 0.29) is 12.1 Å². The Morgan fingerprint density at radius 3 is 2.76 bits per heavy atom. The van der Waals surface area contributed by atoms with Crippen LogP contribution in [0.5, 0.6) is 0 Å². The Morgan fingerprint density at radius 1 is 1.41 bits per heavy atom. The molecule has 1 atom stereocenters. The van der Waals surface area contributed by atoms with Gasteiger partial charge in [-0.05, 0) is 32.1 Å². The highest BCUT2D eigenvalue weighted by Gasteiger charge is 1.99. The van der Waals surface area contributed by atoms with E-state index in [4.69, 9.17) is 9.57 Å². The van der Waals surface area contributed by atoms with Crippen molar-refractivity contribution in [2.24, 2.45) is 0 Å². The average molecular weight is 235 g/mol. The molecule has 0 aliphatic rings. The number of hydrogen-bond acceptors (Lipinski definition) is 4. The SMILES string of the molecule is CCOC(=O)/C=C\[C@@H](C)ONc1ccccc1. The third-order valence-corrected chi connectivity index (χ3v) is 1.93. The van der Waals surface area contributed by atoms with Gasteiger partial charge >= 0.3 is 5.97 Å². The number of rotatable bonds is 6. The summed E-state index contributed by atoms with van der Waals surface area (Å²) < 4.78 is 4.75. The van der Waals surface area contributed by atoms with E-state index in [1.165, 1.54) is 6.08 Å². The highest BCUT2D eigenvalue weighted by atomic mass is 16.7. The van der Waals surface area contributed by atoms with Crippen molar-refractivity contribution in [2.75, 3.05) is 12.1 Å². The van der Waals surface area contributed by atoms with Gasteiger partial charge in [-0.25, -0.2) is 4.79 Å². The Hall–Kier alpha value is -1.81. The minimum atomic E-state index is -0.359. The quantitative estimate of drug-likeness (QED) is 0.467. The van der Waals surface area contributed by atoms with E-state index >= 15 is 0 Å². The summed E-state index contributed by atoms with van der Waals surface area (Å²) in [5.41, 5.74) is 3.66. The largest absolute Gasteiger partial charge is 0.463 e. The molecular formula is C13H17NO3. The number of benzene rings is 1. The van der Waals surface area contributed by atoms with E-state index in [0.29, 0.717) is 6.61 Å². The molecule has 4 nitrogen and oxygen atoms in total.